The number of piperidine rings is 1. The number of aliphatic hydroxyl groups excluding tert-OH is 1. The van der Waals surface area contributed by atoms with Gasteiger partial charge in [-0.2, -0.15) is 0 Å². The van der Waals surface area contributed by atoms with Gasteiger partial charge in [0, 0.05) is 65.1 Å². The zero-order chi connectivity index (χ0) is 49.0. The smallest absolute Gasteiger partial charge is 0.329 e. The monoisotopic (exact) mass is 962 g/mol. The van der Waals surface area contributed by atoms with Crippen molar-refractivity contribution in [2.75, 3.05) is 46.8 Å². The lowest BCUT2D eigenvalue weighted by molar-refractivity contribution is -0.302. The number of carbonyl (C=O) groups is 5. The molecule has 16 heteroatoms. The summed E-state index contributed by atoms with van der Waals surface area (Å²) >= 11 is 1.61. The van der Waals surface area contributed by atoms with E-state index >= 15 is 0 Å². The third-order valence-corrected chi connectivity index (χ3v) is 16.0. The number of ketones is 2. The van der Waals surface area contributed by atoms with E-state index in [1.54, 1.807) is 38.8 Å². The highest BCUT2D eigenvalue weighted by Crippen LogP contribution is 2.39. The molecule has 1 aliphatic carbocycles. The van der Waals surface area contributed by atoms with E-state index in [2.05, 4.69) is 12.7 Å². The Hall–Kier alpha value is -2.96. The second-order valence-corrected chi connectivity index (χ2v) is 21.1. The van der Waals surface area contributed by atoms with Gasteiger partial charge < -0.3 is 48.3 Å². The number of ether oxygens (including phenoxy) is 7. The highest BCUT2D eigenvalue weighted by Gasteiger charge is 2.56. The second kappa shape index (κ2) is 25.8. The summed E-state index contributed by atoms with van der Waals surface area (Å²) in [6.45, 7) is 14.2. The Morgan fingerprint density at radius 2 is 1.64 bits per heavy atom. The maximum absolute atomic E-state index is 14.5. The maximum atomic E-state index is 14.5. The SMILES string of the molecule is C=CC[C@@H]1/C=C(\C)C[C@H](C)C[C@H](OC)C2O[C@@](O)(C(=O)C(=O)N3CCCC[C@H]3C(=O)O[C@H](/C(C)=C/[C@@H]3CC[C@@H](OCCCS[C@@H]4CCOC4=O)[C@H](OC)C3)[C@H](C)[C@@H](O)CC1=O)[C@H](C)C[C@@H]2OC. The fourth-order valence-electron chi connectivity index (χ4n) is 10.7. The summed E-state index contributed by atoms with van der Waals surface area (Å²) in [5, 5.41) is 23.9. The number of hydrogen-bond acceptors (Lipinski definition) is 15. The molecular weight excluding hydrogens is 883 g/mol. The van der Waals surface area contributed by atoms with Crippen molar-refractivity contribution in [2.45, 2.75) is 178 Å². The number of Topliss-reactive ketones (excluding diaryl/α,β-unsaturated/α-hetero) is 2. The van der Waals surface area contributed by atoms with Gasteiger partial charge in [0.1, 0.15) is 29.3 Å². The van der Waals surface area contributed by atoms with Crippen LogP contribution in [0.3, 0.4) is 0 Å². The van der Waals surface area contributed by atoms with Gasteiger partial charge in [-0.05, 0) is 108 Å². The van der Waals surface area contributed by atoms with Crippen LogP contribution in [0.15, 0.2) is 36.0 Å². The number of allylic oxidation sites excluding steroid dienone is 4. The normalized spacial score (nSPS) is 38.8. The number of cyclic esters (lactones) is 2. The Bertz CT molecular complexity index is 1770. The Morgan fingerprint density at radius 1 is 0.925 bits per heavy atom. The third-order valence-electron chi connectivity index (χ3n) is 14.7. The summed E-state index contributed by atoms with van der Waals surface area (Å²) in [4.78, 5) is 70.4. The molecule has 15 nitrogen and oxygen atoms in total. The standard InChI is InChI=1S/C51H79NO14S/c1-10-14-36-24-30(2)23-31(3)25-42(61-8)46-43(62-9)27-33(5)51(59,66-46)47(55)48(56)52-19-12-11-15-37(52)49(57)65-45(34(6)38(53)29-39(36)54)32(4)26-35-16-17-40(41(28-35)60-7)63-20-13-22-67-44-18-21-64-50(44)58/h10,24,26,31,33-38,40-46,53,59H,1,11-23,25,27-29H2,2-9H3/b30-24+,32-26+/t31-,33+,34+,35-,36+,37-,38-,40+,41+,42-,43-,44+,45+,46?,51+/m0/s1. The Kier molecular flexibility index (Phi) is 21.1. The number of hydrogen-bond donors (Lipinski definition) is 2. The van der Waals surface area contributed by atoms with Crippen molar-refractivity contribution in [3.05, 3.63) is 36.0 Å². The number of rotatable bonds is 13. The Labute approximate surface area is 402 Å². The summed E-state index contributed by atoms with van der Waals surface area (Å²) in [5.74, 6) is -7.13. The maximum Gasteiger partial charge on any atom is 0.329 e. The van der Waals surface area contributed by atoms with Gasteiger partial charge in [0.15, 0.2) is 0 Å². The number of methoxy groups -OCH3 is 3. The fraction of sp³-hybridized carbons (Fsp3) is 0.784. The minimum Gasteiger partial charge on any atom is -0.465 e. The molecule has 2 N–H and O–H groups in total. The van der Waals surface area contributed by atoms with Crippen LogP contribution >= 0.6 is 11.8 Å². The van der Waals surface area contributed by atoms with E-state index in [0.29, 0.717) is 57.3 Å². The predicted octanol–water partition coefficient (Wildman–Crippen LogP) is 6.10. The van der Waals surface area contributed by atoms with Crippen molar-refractivity contribution in [3.63, 3.8) is 0 Å². The summed E-state index contributed by atoms with van der Waals surface area (Å²) in [6, 6.07) is -1.15. The van der Waals surface area contributed by atoms with Crippen molar-refractivity contribution in [3.8, 4) is 0 Å². The molecule has 0 aromatic rings. The molecule has 1 amide bonds. The van der Waals surface area contributed by atoms with Crippen molar-refractivity contribution < 1.29 is 67.3 Å². The minimum atomic E-state index is -2.52. The largest absolute Gasteiger partial charge is 0.465 e. The zero-order valence-electron chi connectivity index (χ0n) is 41.2. The van der Waals surface area contributed by atoms with Crippen LogP contribution < -0.4 is 0 Å². The molecule has 3 saturated heterocycles. The average Bonchev–Trinajstić information content (AvgIpc) is 3.73. The summed E-state index contributed by atoms with van der Waals surface area (Å²) in [5.41, 5.74) is 1.63. The van der Waals surface area contributed by atoms with E-state index in [4.69, 9.17) is 33.2 Å². The first kappa shape index (κ1) is 55.0. The van der Waals surface area contributed by atoms with Crippen LogP contribution in [0.1, 0.15) is 118 Å². The zero-order valence-corrected chi connectivity index (χ0v) is 42.0. The molecule has 5 rings (SSSR count). The van der Waals surface area contributed by atoms with E-state index in [1.165, 1.54) is 19.1 Å². The molecule has 1 unspecified atom stereocenters. The molecule has 4 heterocycles. The van der Waals surface area contributed by atoms with E-state index in [1.807, 2.05) is 26.8 Å². The van der Waals surface area contributed by atoms with Gasteiger partial charge in [-0.15, -0.1) is 18.3 Å². The molecule has 378 valence electrons. The first-order valence-electron chi connectivity index (χ1n) is 24.6. The highest BCUT2D eigenvalue weighted by molar-refractivity contribution is 8.00. The van der Waals surface area contributed by atoms with Crippen molar-refractivity contribution in [1.82, 2.24) is 4.90 Å². The minimum absolute atomic E-state index is 0.00117. The van der Waals surface area contributed by atoms with Gasteiger partial charge in [0.25, 0.3) is 11.7 Å². The van der Waals surface area contributed by atoms with Crippen LogP contribution in [-0.2, 0) is 57.1 Å². The fourth-order valence-corrected chi connectivity index (χ4v) is 11.8. The Morgan fingerprint density at radius 3 is 2.31 bits per heavy atom. The molecule has 67 heavy (non-hydrogen) atoms. The average molecular weight is 962 g/mol. The van der Waals surface area contributed by atoms with Gasteiger partial charge in [-0.25, -0.2) is 4.79 Å². The van der Waals surface area contributed by atoms with Gasteiger partial charge in [0.2, 0.25) is 5.79 Å². The predicted molar refractivity (Wildman–Crippen MR) is 253 cm³/mol. The first-order valence-corrected chi connectivity index (χ1v) is 25.6. The van der Waals surface area contributed by atoms with Crippen LogP contribution in [0.25, 0.3) is 0 Å². The molecule has 4 aliphatic heterocycles. The van der Waals surface area contributed by atoms with Crippen molar-refractivity contribution in [1.29, 1.82) is 0 Å². The Balaban J connectivity index is 1.42. The second-order valence-electron chi connectivity index (χ2n) is 19.8. The van der Waals surface area contributed by atoms with Gasteiger partial charge in [0.05, 0.1) is 37.1 Å². The number of amides is 1. The number of esters is 2. The number of aliphatic hydroxyl groups is 2. The molecular formula is C51H79NO14S. The molecule has 5 aliphatic rings. The lowest BCUT2D eigenvalue weighted by Gasteiger charge is -2.47. The van der Waals surface area contributed by atoms with Crippen molar-refractivity contribution >= 4 is 41.2 Å². The van der Waals surface area contributed by atoms with Gasteiger partial charge >= 0.3 is 11.9 Å². The quantitative estimate of drug-likeness (QED) is 0.0930. The highest BCUT2D eigenvalue weighted by atomic mass is 32.2. The van der Waals surface area contributed by atoms with E-state index < -0.39 is 77.8 Å². The first-order chi connectivity index (χ1) is 31.9. The summed E-state index contributed by atoms with van der Waals surface area (Å²) < 4.78 is 41.7. The molecule has 0 aromatic heterocycles. The molecule has 0 radical (unpaired) electrons. The van der Waals surface area contributed by atoms with Crippen LogP contribution in [0, 0.1) is 29.6 Å². The third kappa shape index (κ3) is 14.1. The van der Waals surface area contributed by atoms with Crippen LogP contribution in [0.2, 0.25) is 0 Å². The molecule has 0 spiro atoms. The topological polar surface area (TPSA) is 194 Å². The molecule has 15 atom stereocenters. The molecule has 1 saturated carbocycles. The number of nitrogens with zero attached hydrogens (tertiary/aromatic N) is 1. The number of fused-ring (bicyclic) bond motifs is 3. The van der Waals surface area contributed by atoms with Crippen LogP contribution in [0.4, 0.5) is 0 Å². The summed E-state index contributed by atoms with van der Waals surface area (Å²) in [6.07, 6.45) is 7.47. The number of carbonyl (C=O) groups excluding carboxylic acids is 5. The molecule has 2 bridgehead atoms. The van der Waals surface area contributed by atoms with E-state index in [-0.39, 0.29) is 66.9 Å². The van der Waals surface area contributed by atoms with E-state index in [0.717, 1.165) is 37.0 Å². The van der Waals surface area contributed by atoms with Crippen LogP contribution in [0.5, 0.6) is 0 Å². The van der Waals surface area contributed by atoms with E-state index in [9.17, 15) is 34.2 Å². The van der Waals surface area contributed by atoms with Gasteiger partial charge in [-0.3, -0.25) is 19.2 Å². The summed E-state index contributed by atoms with van der Waals surface area (Å²) in [7, 11) is 4.72. The lowest BCUT2D eigenvalue weighted by atomic mass is 9.81. The van der Waals surface area contributed by atoms with Crippen LogP contribution in [-0.4, -0.2) is 151 Å². The number of thioether (sulfide) groups is 1. The van der Waals surface area contributed by atoms with Crippen molar-refractivity contribution in [2.24, 2.45) is 29.6 Å². The molecule has 4 fully saturated rings. The molecule has 0 aromatic carbocycles. The lowest BCUT2D eigenvalue weighted by Crippen LogP contribution is -2.64. The van der Waals surface area contributed by atoms with Gasteiger partial charge in [-0.1, -0.05) is 44.6 Å².